The smallest absolute Gasteiger partial charge is 0.0924 e. The Bertz CT molecular complexity index is 685. The van der Waals surface area contributed by atoms with Crippen molar-refractivity contribution in [3.05, 3.63) is 72.2 Å². The zero-order chi connectivity index (χ0) is 14.5. The molecule has 1 aromatic heterocycles. The number of H-pyrrole nitrogens is 1. The molecule has 0 saturated heterocycles. The fraction of sp³-hybridized carbons (Fsp3) is 0.167. The third-order valence-electron chi connectivity index (χ3n) is 3.68. The molecule has 2 N–H and O–H groups in total. The zero-order valence-corrected chi connectivity index (χ0v) is 12.1. The van der Waals surface area contributed by atoms with E-state index >= 15 is 0 Å². The first-order valence-corrected chi connectivity index (χ1v) is 7.26. The van der Waals surface area contributed by atoms with Gasteiger partial charge in [0.15, 0.2) is 0 Å². The summed E-state index contributed by atoms with van der Waals surface area (Å²) in [5, 5.41) is 3.48. The molecule has 3 aromatic rings. The van der Waals surface area contributed by atoms with Crippen molar-refractivity contribution in [1.29, 1.82) is 0 Å². The van der Waals surface area contributed by atoms with Crippen molar-refractivity contribution in [2.45, 2.75) is 19.9 Å². The van der Waals surface area contributed by atoms with Crippen molar-refractivity contribution in [1.82, 2.24) is 9.97 Å². The summed E-state index contributed by atoms with van der Waals surface area (Å²) in [5.74, 6) is 0. The van der Waals surface area contributed by atoms with Crippen molar-refractivity contribution in [3.8, 4) is 11.3 Å². The van der Waals surface area contributed by atoms with Crippen LogP contribution in [0.1, 0.15) is 18.1 Å². The van der Waals surface area contributed by atoms with E-state index in [0.717, 1.165) is 29.9 Å². The summed E-state index contributed by atoms with van der Waals surface area (Å²) < 4.78 is 0. The highest BCUT2D eigenvalue weighted by molar-refractivity contribution is 5.62. The van der Waals surface area contributed by atoms with Gasteiger partial charge >= 0.3 is 0 Å². The average Bonchev–Trinajstić information content (AvgIpc) is 3.08. The molecule has 0 aliphatic heterocycles. The van der Waals surface area contributed by atoms with E-state index in [1.165, 1.54) is 11.1 Å². The van der Waals surface area contributed by atoms with Gasteiger partial charge in [0.25, 0.3) is 0 Å². The van der Waals surface area contributed by atoms with Gasteiger partial charge < -0.3 is 10.3 Å². The monoisotopic (exact) mass is 277 g/mol. The Labute approximate surface area is 125 Å². The van der Waals surface area contributed by atoms with Crippen LogP contribution in [0, 0.1) is 0 Å². The molecule has 106 valence electrons. The Morgan fingerprint density at radius 3 is 2.43 bits per heavy atom. The molecule has 21 heavy (non-hydrogen) atoms. The summed E-state index contributed by atoms with van der Waals surface area (Å²) in [7, 11) is 0. The van der Waals surface area contributed by atoms with Crippen molar-refractivity contribution < 1.29 is 0 Å². The van der Waals surface area contributed by atoms with Crippen LogP contribution in [0.2, 0.25) is 0 Å². The minimum Gasteiger partial charge on any atom is -0.381 e. The van der Waals surface area contributed by atoms with Crippen molar-refractivity contribution >= 4 is 5.69 Å². The summed E-state index contributed by atoms with van der Waals surface area (Å²) in [6.45, 7) is 3.05. The third kappa shape index (κ3) is 3.14. The van der Waals surface area contributed by atoms with E-state index < -0.39 is 0 Å². The highest BCUT2D eigenvalue weighted by atomic mass is 14.9. The first-order chi connectivity index (χ1) is 10.4. The van der Waals surface area contributed by atoms with Gasteiger partial charge in [0.1, 0.15) is 0 Å². The van der Waals surface area contributed by atoms with Crippen LogP contribution in [-0.2, 0) is 13.0 Å². The van der Waals surface area contributed by atoms with Gasteiger partial charge in [-0.2, -0.15) is 0 Å². The molecule has 0 fully saturated rings. The van der Waals surface area contributed by atoms with Gasteiger partial charge in [0.05, 0.1) is 18.2 Å². The molecule has 3 heteroatoms. The molecule has 2 aromatic carbocycles. The van der Waals surface area contributed by atoms with E-state index in [1.54, 1.807) is 6.33 Å². The van der Waals surface area contributed by atoms with E-state index in [0.29, 0.717) is 0 Å². The summed E-state index contributed by atoms with van der Waals surface area (Å²) >= 11 is 0. The van der Waals surface area contributed by atoms with Gasteiger partial charge in [-0.15, -0.1) is 0 Å². The van der Waals surface area contributed by atoms with Crippen LogP contribution >= 0.6 is 0 Å². The normalized spacial score (nSPS) is 10.5. The number of hydrogen-bond donors (Lipinski definition) is 2. The lowest BCUT2D eigenvalue weighted by atomic mass is 10.1. The minimum absolute atomic E-state index is 0.855. The number of nitrogens with one attached hydrogen (secondary N) is 2. The molecule has 0 unspecified atom stereocenters. The van der Waals surface area contributed by atoms with Crippen LogP contribution in [0.4, 0.5) is 5.69 Å². The van der Waals surface area contributed by atoms with Crippen molar-refractivity contribution in [2.75, 3.05) is 5.32 Å². The van der Waals surface area contributed by atoms with Crippen LogP contribution in [-0.4, -0.2) is 9.97 Å². The van der Waals surface area contributed by atoms with E-state index in [-0.39, 0.29) is 0 Å². The van der Waals surface area contributed by atoms with Crippen LogP contribution in [0.5, 0.6) is 0 Å². The highest BCUT2D eigenvalue weighted by Gasteiger charge is 2.01. The first-order valence-electron chi connectivity index (χ1n) is 7.26. The number of benzene rings is 2. The van der Waals surface area contributed by atoms with E-state index in [2.05, 4.69) is 70.7 Å². The number of aryl methyl sites for hydroxylation is 1. The van der Waals surface area contributed by atoms with Crippen LogP contribution in [0.25, 0.3) is 11.3 Å². The van der Waals surface area contributed by atoms with E-state index in [4.69, 9.17) is 0 Å². The second-order valence-corrected chi connectivity index (χ2v) is 5.02. The first kappa shape index (κ1) is 13.4. The molecule has 0 amide bonds. The molecule has 3 nitrogen and oxygen atoms in total. The average molecular weight is 277 g/mol. The topological polar surface area (TPSA) is 40.7 Å². The Balaban J connectivity index is 1.68. The standard InChI is InChI=1S/C18H19N3/c1-2-14-5-3-4-6-16(14)11-20-17-9-7-15(8-10-17)18-12-19-13-21-18/h3-10,12-13,20H,2,11H2,1H3,(H,19,21). The molecule has 0 bridgehead atoms. The van der Waals surface area contributed by atoms with Gasteiger partial charge in [-0.1, -0.05) is 43.3 Å². The lowest BCUT2D eigenvalue weighted by molar-refractivity contribution is 1.04. The van der Waals surface area contributed by atoms with Gasteiger partial charge in [-0.05, 0) is 35.2 Å². The quantitative estimate of drug-likeness (QED) is 0.732. The number of imidazole rings is 1. The summed E-state index contributed by atoms with van der Waals surface area (Å²) in [4.78, 5) is 7.16. The lowest BCUT2D eigenvalue weighted by Crippen LogP contribution is -2.02. The second-order valence-electron chi connectivity index (χ2n) is 5.02. The van der Waals surface area contributed by atoms with Gasteiger partial charge in [-0.25, -0.2) is 4.98 Å². The van der Waals surface area contributed by atoms with Gasteiger partial charge in [-0.3, -0.25) is 0 Å². The van der Waals surface area contributed by atoms with Crippen molar-refractivity contribution in [2.24, 2.45) is 0 Å². The maximum absolute atomic E-state index is 4.04. The number of rotatable bonds is 5. The van der Waals surface area contributed by atoms with Crippen molar-refractivity contribution in [3.63, 3.8) is 0 Å². The molecule has 0 aliphatic carbocycles. The zero-order valence-electron chi connectivity index (χ0n) is 12.1. The molecule has 0 spiro atoms. The largest absolute Gasteiger partial charge is 0.381 e. The molecule has 0 radical (unpaired) electrons. The summed E-state index contributed by atoms with van der Waals surface area (Å²) in [6, 6.07) is 17.0. The fourth-order valence-corrected chi connectivity index (χ4v) is 2.45. The van der Waals surface area contributed by atoms with Crippen LogP contribution in [0.15, 0.2) is 61.1 Å². The number of aromatic nitrogens is 2. The van der Waals surface area contributed by atoms with Crippen LogP contribution < -0.4 is 5.32 Å². The van der Waals surface area contributed by atoms with Gasteiger partial charge in [0, 0.05) is 12.2 Å². The molecular formula is C18H19N3. The van der Waals surface area contributed by atoms with E-state index in [1.807, 2.05) is 6.20 Å². The van der Waals surface area contributed by atoms with Crippen LogP contribution in [0.3, 0.4) is 0 Å². The molecule has 0 atom stereocenters. The Morgan fingerprint density at radius 1 is 1.00 bits per heavy atom. The fourth-order valence-electron chi connectivity index (χ4n) is 2.45. The molecule has 3 rings (SSSR count). The summed E-state index contributed by atoms with van der Waals surface area (Å²) in [5.41, 5.74) is 6.07. The Hall–Kier alpha value is -2.55. The number of anilines is 1. The predicted octanol–water partition coefficient (Wildman–Crippen LogP) is 4.25. The molecule has 1 heterocycles. The third-order valence-corrected chi connectivity index (χ3v) is 3.68. The maximum atomic E-state index is 4.04. The predicted molar refractivity (Wildman–Crippen MR) is 87.2 cm³/mol. The maximum Gasteiger partial charge on any atom is 0.0924 e. The molecule has 0 aliphatic rings. The highest BCUT2D eigenvalue weighted by Crippen LogP contribution is 2.19. The molecule has 0 saturated carbocycles. The Kier molecular flexibility index (Phi) is 4.01. The minimum atomic E-state index is 0.855. The number of hydrogen-bond acceptors (Lipinski definition) is 2. The summed E-state index contributed by atoms with van der Waals surface area (Å²) in [6.07, 6.45) is 4.60. The SMILES string of the molecule is CCc1ccccc1CNc1ccc(-c2cnc[nH]2)cc1. The number of aromatic amines is 1. The van der Waals surface area contributed by atoms with E-state index in [9.17, 15) is 0 Å². The Morgan fingerprint density at radius 2 is 1.76 bits per heavy atom. The molecular weight excluding hydrogens is 258 g/mol. The lowest BCUT2D eigenvalue weighted by Gasteiger charge is -2.10. The van der Waals surface area contributed by atoms with Gasteiger partial charge in [0.2, 0.25) is 0 Å². The number of nitrogens with zero attached hydrogens (tertiary/aromatic N) is 1. The second kappa shape index (κ2) is 6.27.